The Bertz CT molecular complexity index is 477. The van der Waals surface area contributed by atoms with Gasteiger partial charge in [0.15, 0.2) is 0 Å². The van der Waals surface area contributed by atoms with Gasteiger partial charge in [-0.1, -0.05) is 0 Å². The Labute approximate surface area is 125 Å². The molecule has 1 saturated heterocycles. The Kier molecular flexibility index (Phi) is 5.33. The number of hydrogen-bond donors (Lipinski definition) is 3. The Hall–Kier alpha value is -1.18. The minimum atomic E-state index is -1.09. The lowest BCUT2D eigenvalue weighted by molar-refractivity contribution is 0.0526. The number of nitrogens with one attached hydrogen (secondary N) is 1. The quantitative estimate of drug-likeness (QED) is 0.777. The fourth-order valence-corrected chi connectivity index (χ4v) is 2.87. The van der Waals surface area contributed by atoms with E-state index < -0.39 is 12.1 Å². The van der Waals surface area contributed by atoms with Gasteiger partial charge in [-0.05, 0) is 40.8 Å². The molecule has 6 nitrogen and oxygen atoms in total. The van der Waals surface area contributed by atoms with Gasteiger partial charge >= 0.3 is 6.09 Å². The fourth-order valence-electron chi connectivity index (χ4n) is 2.49. The number of halogens is 1. The molecule has 0 spiro atoms. The number of amides is 1. The van der Waals surface area contributed by atoms with Crippen LogP contribution in [0.1, 0.15) is 30.1 Å². The van der Waals surface area contributed by atoms with E-state index in [1.54, 1.807) is 12.3 Å². The van der Waals surface area contributed by atoms with Crippen molar-refractivity contribution in [3.8, 4) is 0 Å². The van der Waals surface area contributed by atoms with Crippen LogP contribution in [0, 0.1) is 5.92 Å². The third-order valence-corrected chi connectivity index (χ3v) is 3.88. The minimum Gasteiger partial charge on any atom is -0.465 e. The average Bonchev–Trinajstić information content (AvgIpc) is 2.45. The van der Waals surface area contributed by atoms with Crippen LogP contribution in [0.25, 0.3) is 0 Å². The van der Waals surface area contributed by atoms with Crippen LogP contribution in [-0.4, -0.2) is 34.5 Å². The molecule has 1 aromatic heterocycles. The third-order valence-electron chi connectivity index (χ3n) is 3.45. The van der Waals surface area contributed by atoms with Crippen molar-refractivity contribution in [1.82, 2.24) is 10.3 Å². The molecule has 7 heteroatoms. The first-order chi connectivity index (χ1) is 9.61. The summed E-state index contributed by atoms with van der Waals surface area (Å²) in [4.78, 5) is 15.4. The molecule has 1 atom stereocenters. The summed E-state index contributed by atoms with van der Waals surface area (Å²) in [6.07, 6.45) is 2.07. The molecule has 2 heterocycles. The Morgan fingerprint density at radius 2 is 2.25 bits per heavy atom. The number of pyridine rings is 1. The molecule has 0 aliphatic carbocycles. The first-order valence-electron chi connectivity index (χ1n) is 6.44. The molecule has 1 aromatic rings. The van der Waals surface area contributed by atoms with Crippen LogP contribution in [-0.2, 0) is 11.3 Å². The van der Waals surface area contributed by atoms with Crippen molar-refractivity contribution in [2.45, 2.75) is 25.5 Å². The molecule has 2 rings (SSSR count). The lowest BCUT2D eigenvalue weighted by atomic mass is 9.88. The summed E-state index contributed by atoms with van der Waals surface area (Å²) in [6.45, 7) is 1.06. The van der Waals surface area contributed by atoms with Crippen molar-refractivity contribution < 1.29 is 19.7 Å². The van der Waals surface area contributed by atoms with Gasteiger partial charge in [0, 0.05) is 29.4 Å². The smallest absolute Gasteiger partial charge is 0.405 e. The number of rotatable bonds is 4. The molecule has 0 radical (unpaired) electrons. The summed E-state index contributed by atoms with van der Waals surface area (Å²) >= 11 is 3.30. The van der Waals surface area contributed by atoms with Gasteiger partial charge in [-0.2, -0.15) is 0 Å². The molecule has 1 unspecified atom stereocenters. The molecule has 0 bridgehead atoms. The van der Waals surface area contributed by atoms with E-state index in [4.69, 9.17) is 9.84 Å². The summed E-state index contributed by atoms with van der Waals surface area (Å²) < 4.78 is 6.07. The molecule has 1 aliphatic heterocycles. The van der Waals surface area contributed by atoms with Gasteiger partial charge in [0.05, 0.1) is 18.3 Å². The summed E-state index contributed by atoms with van der Waals surface area (Å²) in [6, 6.07) is 1.34. The van der Waals surface area contributed by atoms with Crippen LogP contribution in [0.15, 0.2) is 16.7 Å². The molecule has 20 heavy (non-hydrogen) atoms. The second kappa shape index (κ2) is 7.01. The number of ether oxygens (including phenoxy) is 1. The van der Waals surface area contributed by atoms with E-state index >= 15 is 0 Å². The Balaban J connectivity index is 2.31. The maximum Gasteiger partial charge on any atom is 0.405 e. The van der Waals surface area contributed by atoms with Crippen LogP contribution >= 0.6 is 15.9 Å². The number of aliphatic hydroxyl groups is 1. The highest BCUT2D eigenvalue weighted by Crippen LogP contribution is 2.31. The summed E-state index contributed by atoms with van der Waals surface area (Å²) in [5.74, 6) is 0.124. The first kappa shape index (κ1) is 15.2. The van der Waals surface area contributed by atoms with Gasteiger partial charge in [-0.15, -0.1) is 0 Å². The normalized spacial score (nSPS) is 17.7. The van der Waals surface area contributed by atoms with E-state index in [1.807, 2.05) is 0 Å². The van der Waals surface area contributed by atoms with Crippen molar-refractivity contribution in [3.05, 3.63) is 28.0 Å². The molecule has 0 aromatic carbocycles. The lowest BCUT2D eigenvalue weighted by Gasteiger charge is -2.30. The molecular formula is C13H17BrN2O4. The van der Waals surface area contributed by atoms with E-state index in [9.17, 15) is 9.90 Å². The lowest BCUT2D eigenvalue weighted by Crippen LogP contribution is -2.36. The zero-order chi connectivity index (χ0) is 14.5. The Morgan fingerprint density at radius 3 is 2.85 bits per heavy atom. The topological polar surface area (TPSA) is 91.7 Å². The number of nitrogens with zero attached hydrogens (tertiary/aromatic N) is 1. The van der Waals surface area contributed by atoms with E-state index in [-0.39, 0.29) is 12.5 Å². The molecule has 0 saturated carbocycles. The molecule has 3 N–H and O–H groups in total. The van der Waals surface area contributed by atoms with Gasteiger partial charge in [0.2, 0.25) is 0 Å². The zero-order valence-electron chi connectivity index (χ0n) is 10.9. The number of aromatic nitrogens is 1. The third kappa shape index (κ3) is 3.68. The number of carbonyl (C=O) groups is 1. The molecule has 1 amide bonds. The maximum atomic E-state index is 11.1. The summed E-state index contributed by atoms with van der Waals surface area (Å²) in [5, 5.41) is 21.0. The van der Waals surface area contributed by atoms with Gasteiger partial charge in [0.25, 0.3) is 0 Å². The monoisotopic (exact) mass is 344 g/mol. The van der Waals surface area contributed by atoms with Crippen LogP contribution in [0.4, 0.5) is 4.79 Å². The molecular weight excluding hydrogens is 328 g/mol. The predicted octanol–water partition coefficient (Wildman–Crippen LogP) is 2.07. The largest absolute Gasteiger partial charge is 0.465 e. The van der Waals surface area contributed by atoms with Gasteiger partial charge in [0.1, 0.15) is 0 Å². The van der Waals surface area contributed by atoms with Crippen molar-refractivity contribution in [3.63, 3.8) is 0 Å². The first-order valence-corrected chi connectivity index (χ1v) is 7.23. The van der Waals surface area contributed by atoms with E-state index in [0.29, 0.717) is 24.5 Å². The average molecular weight is 345 g/mol. The summed E-state index contributed by atoms with van der Waals surface area (Å²) in [5.41, 5.74) is 1.22. The van der Waals surface area contributed by atoms with E-state index in [1.165, 1.54) is 0 Å². The van der Waals surface area contributed by atoms with Gasteiger partial charge in [-0.25, -0.2) is 4.79 Å². The molecule has 1 fully saturated rings. The number of carboxylic acid groups (broad SMARTS) is 1. The second-order valence-corrected chi connectivity index (χ2v) is 5.65. The van der Waals surface area contributed by atoms with Crippen molar-refractivity contribution in [1.29, 1.82) is 0 Å². The zero-order valence-corrected chi connectivity index (χ0v) is 12.5. The number of aliphatic hydroxyl groups excluding tert-OH is 1. The van der Waals surface area contributed by atoms with Crippen molar-refractivity contribution in [2.75, 3.05) is 13.2 Å². The van der Waals surface area contributed by atoms with Crippen molar-refractivity contribution in [2.24, 2.45) is 5.92 Å². The van der Waals surface area contributed by atoms with Crippen LogP contribution < -0.4 is 5.32 Å². The number of hydrogen-bond acceptors (Lipinski definition) is 4. The van der Waals surface area contributed by atoms with Crippen LogP contribution in [0.2, 0.25) is 0 Å². The van der Waals surface area contributed by atoms with Crippen molar-refractivity contribution >= 4 is 22.0 Å². The van der Waals surface area contributed by atoms with E-state index in [2.05, 4.69) is 26.2 Å². The second-order valence-electron chi connectivity index (χ2n) is 4.73. The van der Waals surface area contributed by atoms with E-state index in [0.717, 1.165) is 17.3 Å². The standard InChI is InChI=1S/C13H17BrN2O4/c14-10-5-9(7-17)11(15-6-10)12(16-13(18)19)8-1-3-20-4-2-8/h5-6,8,12,16-17H,1-4,7H2,(H,18,19). The SMILES string of the molecule is O=C(O)NC(c1ncc(Br)cc1CO)C1CCOCC1. The van der Waals surface area contributed by atoms with Crippen LogP contribution in [0.5, 0.6) is 0 Å². The minimum absolute atomic E-state index is 0.124. The maximum absolute atomic E-state index is 11.1. The predicted molar refractivity (Wildman–Crippen MR) is 75.3 cm³/mol. The summed E-state index contributed by atoms with van der Waals surface area (Å²) in [7, 11) is 0. The van der Waals surface area contributed by atoms with Gasteiger partial charge in [-0.3, -0.25) is 4.98 Å². The Morgan fingerprint density at radius 1 is 1.55 bits per heavy atom. The highest BCUT2D eigenvalue weighted by molar-refractivity contribution is 9.10. The fraction of sp³-hybridized carbons (Fsp3) is 0.538. The highest BCUT2D eigenvalue weighted by Gasteiger charge is 2.29. The van der Waals surface area contributed by atoms with Crippen LogP contribution in [0.3, 0.4) is 0 Å². The molecule has 110 valence electrons. The molecule has 1 aliphatic rings. The van der Waals surface area contributed by atoms with Gasteiger partial charge < -0.3 is 20.3 Å². The highest BCUT2D eigenvalue weighted by atomic mass is 79.9.